The molecule has 1 amide bonds. The van der Waals surface area contributed by atoms with Crippen LogP contribution < -0.4 is 5.73 Å². The molecule has 1 saturated heterocycles. The summed E-state index contributed by atoms with van der Waals surface area (Å²) in [6, 6.07) is 9.08. The number of amides is 1. The van der Waals surface area contributed by atoms with Crippen molar-refractivity contribution in [2.75, 3.05) is 33.2 Å². The molecule has 0 atom stereocenters. The molecule has 2 N–H and O–H groups in total. The molecule has 3 aromatic rings. The summed E-state index contributed by atoms with van der Waals surface area (Å²) in [7, 11) is 2.03. The molecule has 1 aliphatic heterocycles. The van der Waals surface area contributed by atoms with Crippen LogP contribution in [-0.4, -0.2) is 53.9 Å². The number of likely N-dealkylation sites (N-methyl/N-ethyl adjacent to an activating group) is 1. The molecule has 0 unspecified atom stereocenters. The van der Waals surface area contributed by atoms with Crippen molar-refractivity contribution in [3.63, 3.8) is 0 Å². The fourth-order valence-corrected chi connectivity index (χ4v) is 4.72. The molecule has 0 aliphatic carbocycles. The number of piperazine rings is 1. The van der Waals surface area contributed by atoms with Crippen LogP contribution in [0.2, 0.25) is 0 Å². The van der Waals surface area contributed by atoms with E-state index in [4.69, 9.17) is 5.73 Å². The molecular weight excluding hydrogens is 413 g/mol. The van der Waals surface area contributed by atoms with Gasteiger partial charge in [-0.25, -0.2) is 4.98 Å². The van der Waals surface area contributed by atoms with Gasteiger partial charge in [0.25, 0.3) is 0 Å². The minimum atomic E-state index is -4.44. The van der Waals surface area contributed by atoms with Gasteiger partial charge < -0.3 is 10.6 Å². The summed E-state index contributed by atoms with van der Waals surface area (Å²) in [6.45, 7) is 3.72. The molecule has 30 heavy (non-hydrogen) atoms. The van der Waals surface area contributed by atoms with E-state index >= 15 is 0 Å². The molecular formula is C21H21F3N4OS. The van der Waals surface area contributed by atoms with Crippen LogP contribution in [0.5, 0.6) is 0 Å². The normalized spacial score (nSPS) is 16.3. The standard InChI is InChI=1S/C21H21F3N4OS/c1-27-6-8-28(9-7-27)12-13-10-14(21(22,23)24)11-17-18(13)26-20(30-17)16-5-3-2-4-15(16)19(25)29/h2-5,10-11H,6-9,12H2,1H3,(H2,25,29). The van der Waals surface area contributed by atoms with Crippen molar-refractivity contribution in [2.45, 2.75) is 12.7 Å². The van der Waals surface area contributed by atoms with Gasteiger partial charge in [0, 0.05) is 43.9 Å². The first kappa shape index (κ1) is 20.8. The second-order valence-electron chi connectivity index (χ2n) is 7.49. The number of fused-ring (bicyclic) bond motifs is 1. The smallest absolute Gasteiger partial charge is 0.366 e. The Kier molecular flexibility index (Phi) is 5.52. The monoisotopic (exact) mass is 434 g/mol. The Balaban J connectivity index is 1.81. The van der Waals surface area contributed by atoms with Crippen molar-refractivity contribution >= 4 is 27.5 Å². The Bertz CT molecular complexity index is 1090. The van der Waals surface area contributed by atoms with Crippen LogP contribution in [-0.2, 0) is 12.7 Å². The predicted octanol–water partition coefficient (Wildman–Crippen LogP) is 3.83. The number of nitrogens with two attached hydrogens (primary N) is 1. The van der Waals surface area contributed by atoms with E-state index in [-0.39, 0.29) is 0 Å². The van der Waals surface area contributed by atoms with Gasteiger partial charge in [-0.15, -0.1) is 11.3 Å². The first-order chi connectivity index (χ1) is 14.2. The second kappa shape index (κ2) is 7.98. The van der Waals surface area contributed by atoms with E-state index in [0.717, 1.165) is 43.6 Å². The van der Waals surface area contributed by atoms with E-state index in [1.54, 1.807) is 24.3 Å². The minimum Gasteiger partial charge on any atom is -0.366 e. The third-order valence-corrected chi connectivity index (χ3v) is 6.35. The average Bonchev–Trinajstić information content (AvgIpc) is 3.13. The number of halogens is 3. The molecule has 2 heterocycles. The van der Waals surface area contributed by atoms with Crippen LogP contribution in [0.1, 0.15) is 21.5 Å². The van der Waals surface area contributed by atoms with Crippen molar-refractivity contribution < 1.29 is 18.0 Å². The van der Waals surface area contributed by atoms with E-state index in [1.807, 2.05) is 7.05 Å². The van der Waals surface area contributed by atoms with E-state index in [1.165, 1.54) is 6.07 Å². The Morgan fingerprint density at radius 3 is 2.53 bits per heavy atom. The summed E-state index contributed by atoms with van der Waals surface area (Å²) in [5.41, 5.74) is 6.71. The molecule has 0 spiro atoms. The number of alkyl halides is 3. The number of carbonyl (C=O) groups is 1. The number of primary amides is 1. The molecule has 0 bridgehead atoms. The molecule has 4 rings (SSSR count). The minimum absolute atomic E-state index is 0.299. The highest BCUT2D eigenvalue weighted by Gasteiger charge is 2.32. The number of aromatic nitrogens is 1. The lowest BCUT2D eigenvalue weighted by Crippen LogP contribution is -2.43. The van der Waals surface area contributed by atoms with Crippen molar-refractivity contribution in [3.8, 4) is 10.6 Å². The molecule has 1 aromatic heterocycles. The highest BCUT2D eigenvalue weighted by molar-refractivity contribution is 7.21. The zero-order valence-corrected chi connectivity index (χ0v) is 17.2. The van der Waals surface area contributed by atoms with Gasteiger partial charge in [0.1, 0.15) is 5.01 Å². The van der Waals surface area contributed by atoms with Gasteiger partial charge >= 0.3 is 6.18 Å². The summed E-state index contributed by atoms with van der Waals surface area (Å²) in [4.78, 5) is 20.8. The maximum atomic E-state index is 13.5. The van der Waals surface area contributed by atoms with Gasteiger partial charge in [-0.2, -0.15) is 13.2 Å². The number of hydrogen-bond acceptors (Lipinski definition) is 5. The summed E-state index contributed by atoms with van der Waals surface area (Å²) in [6.07, 6.45) is -4.44. The average molecular weight is 434 g/mol. The lowest BCUT2D eigenvalue weighted by Gasteiger charge is -2.32. The summed E-state index contributed by atoms with van der Waals surface area (Å²) in [5.74, 6) is -0.599. The maximum absolute atomic E-state index is 13.5. The van der Waals surface area contributed by atoms with Crippen LogP contribution >= 0.6 is 11.3 Å². The van der Waals surface area contributed by atoms with Gasteiger partial charge in [-0.05, 0) is 30.8 Å². The zero-order valence-electron chi connectivity index (χ0n) is 16.4. The maximum Gasteiger partial charge on any atom is 0.416 e. The quantitative estimate of drug-likeness (QED) is 0.678. The Hall–Kier alpha value is -2.49. The Labute approximate surface area is 175 Å². The fourth-order valence-electron chi connectivity index (χ4n) is 3.63. The summed E-state index contributed by atoms with van der Waals surface area (Å²) in [5, 5.41) is 0.485. The number of rotatable bonds is 4. The SMILES string of the molecule is CN1CCN(Cc2cc(C(F)(F)F)cc3sc(-c4ccccc4C(N)=O)nc23)CC1. The van der Waals surface area contributed by atoms with Crippen LogP contribution in [0.4, 0.5) is 13.2 Å². The van der Waals surface area contributed by atoms with Crippen molar-refractivity contribution in [2.24, 2.45) is 5.73 Å². The van der Waals surface area contributed by atoms with Crippen LogP contribution in [0.15, 0.2) is 36.4 Å². The third-order valence-electron chi connectivity index (χ3n) is 5.31. The first-order valence-electron chi connectivity index (χ1n) is 9.53. The van der Waals surface area contributed by atoms with Gasteiger partial charge in [0.15, 0.2) is 0 Å². The molecule has 5 nitrogen and oxygen atoms in total. The molecule has 0 saturated carbocycles. The molecule has 9 heteroatoms. The molecule has 2 aromatic carbocycles. The number of nitrogens with zero attached hydrogens (tertiary/aromatic N) is 3. The Morgan fingerprint density at radius 1 is 1.17 bits per heavy atom. The molecule has 158 valence electrons. The Morgan fingerprint density at radius 2 is 1.87 bits per heavy atom. The lowest BCUT2D eigenvalue weighted by atomic mass is 10.1. The van der Waals surface area contributed by atoms with E-state index in [2.05, 4.69) is 14.8 Å². The van der Waals surface area contributed by atoms with Gasteiger partial charge in [0.05, 0.1) is 15.8 Å². The fraction of sp³-hybridized carbons (Fsp3) is 0.333. The first-order valence-corrected chi connectivity index (χ1v) is 10.3. The molecule has 1 aliphatic rings. The van der Waals surface area contributed by atoms with Gasteiger partial charge in [-0.1, -0.05) is 18.2 Å². The number of hydrogen-bond donors (Lipinski definition) is 1. The van der Waals surface area contributed by atoms with Gasteiger partial charge in [-0.3, -0.25) is 9.69 Å². The van der Waals surface area contributed by atoms with Crippen molar-refractivity contribution in [3.05, 3.63) is 53.1 Å². The van der Waals surface area contributed by atoms with E-state index in [0.29, 0.717) is 38.5 Å². The van der Waals surface area contributed by atoms with E-state index < -0.39 is 17.6 Å². The number of benzene rings is 2. The highest BCUT2D eigenvalue weighted by Crippen LogP contribution is 2.38. The third kappa shape index (κ3) is 4.19. The second-order valence-corrected chi connectivity index (χ2v) is 8.52. The van der Waals surface area contributed by atoms with E-state index in [9.17, 15) is 18.0 Å². The number of carbonyl (C=O) groups excluding carboxylic acids is 1. The molecule has 0 radical (unpaired) electrons. The molecule has 1 fully saturated rings. The van der Waals surface area contributed by atoms with Crippen molar-refractivity contribution in [1.29, 1.82) is 0 Å². The van der Waals surface area contributed by atoms with Crippen LogP contribution in [0.3, 0.4) is 0 Å². The lowest BCUT2D eigenvalue weighted by molar-refractivity contribution is -0.137. The largest absolute Gasteiger partial charge is 0.416 e. The summed E-state index contributed by atoms with van der Waals surface area (Å²) >= 11 is 1.14. The topological polar surface area (TPSA) is 62.5 Å². The number of thiazole rings is 1. The van der Waals surface area contributed by atoms with Crippen molar-refractivity contribution in [1.82, 2.24) is 14.8 Å². The zero-order chi connectivity index (χ0) is 21.5. The predicted molar refractivity (Wildman–Crippen MR) is 111 cm³/mol. The van der Waals surface area contributed by atoms with Crippen LogP contribution in [0, 0.1) is 0 Å². The summed E-state index contributed by atoms with van der Waals surface area (Å²) < 4.78 is 41.0. The van der Waals surface area contributed by atoms with Gasteiger partial charge in [0.2, 0.25) is 5.91 Å². The van der Waals surface area contributed by atoms with Crippen LogP contribution in [0.25, 0.3) is 20.8 Å². The highest BCUT2D eigenvalue weighted by atomic mass is 32.1.